The van der Waals surface area contributed by atoms with Gasteiger partial charge in [-0.2, -0.15) is 0 Å². The van der Waals surface area contributed by atoms with E-state index < -0.39 is 0 Å². The predicted molar refractivity (Wildman–Crippen MR) is 255 cm³/mol. The van der Waals surface area contributed by atoms with Crippen LogP contribution < -0.4 is 0 Å². The molecule has 0 spiro atoms. The minimum atomic E-state index is 0.0596. The van der Waals surface area contributed by atoms with Crippen molar-refractivity contribution in [1.82, 2.24) is 4.90 Å². The molecule has 352 valence electrons. The van der Waals surface area contributed by atoms with Crippen molar-refractivity contribution in [1.29, 1.82) is 0 Å². The summed E-state index contributed by atoms with van der Waals surface area (Å²) < 4.78 is 11.7. The second-order valence-corrected chi connectivity index (χ2v) is 18.4. The van der Waals surface area contributed by atoms with Gasteiger partial charge in [0, 0.05) is 13.2 Å². The van der Waals surface area contributed by atoms with Crippen molar-refractivity contribution < 1.29 is 24.2 Å². The van der Waals surface area contributed by atoms with E-state index in [0.717, 1.165) is 129 Å². The Kier molecular flexibility index (Phi) is 47.0. The highest BCUT2D eigenvalue weighted by atomic mass is 16.5. The lowest BCUT2D eigenvalue weighted by Gasteiger charge is -2.22. The number of esters is 2. The first kappa shape index (κ1) is 57.9. The molecule has 1 N–H and O–H groups in total. The lowest BCUT2D eigenvalue weighted by atomic mass is 9.94. The third kappa shape index (κ3) is 40.7. The number of aliphatic hydroxyl groups is 1. The van der Waals surface area contributed by atoms with Crippen LogP contribution in [-0.2, 0) is 19.1 Å². The SMILES string of the molecule is CCCCCCCCCC(CCCCCCCC)C(=O)OCCCCCCN(CCCO)CCCCCCOC(=O)C(CCCCCCCC)CCCCCCCCC. The molecule has 59 heavy (non-hydrogen) atoms. The Morgan fingerprint density at radius 2 is 0.610 bits per heavy atom. The van der Waals surface area contributed by atoms with Gasteiger partial charge in [0.2, 0.25) is 0 Å². The molecule has 0 amide bonds. The quantitative estimate of drug-likeness (QED) is 0.0486. The number of carbonyl (C=O) groups excluding carboxylic acids is 2. The molecule has 0 rings (SSSR count). The van der Waals surface area contributed by atoms with Crippen molar-refractivity contribution in [3.05, 3.63) is 0 Å². The zero-order valence-corrected chi connectivity index (χ0v) is 40.5. The van der Waals surface area contributed by atoms with E-state index in [1.54, 1.807) is 0 Å². The van der Waals surface area contributed by atoms with E-state index in [9.17, 15) is 14.7 Å². The molecule has 0 aromatic carbocycles. The summed E-state index contributed by atoms with van der Waals surface area (Å²) in [7, 11) is 0. The Morgan fingerprint density at radius 1 is 0.356 bits per heavy atom. The standard InChI is InChI=1S/C53H105NO5/c1-5-9-13-17-21-25-33-42-50(40-31-23-19-15-11-7-3)52(56)58-48-37-29-27-35-44-54(46-39-47-55)45-36-28-30-38-49-59-53(57)51(41-32-24-20-16-12-8-4)43-34-26-22-18-14-10-6-2/h50-51,55H,5-49H2,1-4H3. The minimum absolute atomic E-state index is 0.0596. The second kappa shape index (κ2) is 47.9. The van der Waals surface area contributed by atoms with Crippen LogP contribution in [0.15, 0.2) is 0 Å². The number of nitrogens with zero attached hydrogens (tertiary/aromatic N) is 1. The molecule has 0 bridgehead atoms. The highest BCUT2D eigenvalue weighted by Gasteiger charge is 2.20. The van der Waals surface area contributed by atoms with Gasteiger partial charge in [-0.3, -0.25) is 9.59 Å². The van der Waals surface area contributed by atoms with Gasteiger partial charge in [0.15, 0.2) is 0 Å². The first-order chi connectivity index (χ1) is 29.0. The average Bonchev–Trinajstić information content (AvgIpc) is 3.24. The van der Waals surface area contributed by atoms with Crippen molar-refractivity contribution in [3.63, 3.8) is 0 Å². The molecule has 0 aliphatic heterocycles. The number of carbonyl (C=O) groups is 2. The van der Waals surface area contributed by atoms with Crippen LogP contribution in [0.5, 0.6) is 0 Å². The molecule has 0 aromatic heterocycles. The van der Waals surface area contributed by atoms with Gasteiger partial charge in [-0.25, -0.2) is 0 Å². The summed E-state index contributed by atoms with van der Waals surface area (Å²) >= 11 is 0. The highest BCUT2D eigenvalue weighted by Crippen LogP contribution is 2.23. The van der Waals surface area contributed by atoms with Gasteiger partial charge in [0.25, 0.3) is 0 Å². The summed E-state index contributed by atoms with van der Waals surface area (Å²) in [6.45, 7) is 13.5. The summed E-state index contributed by atoms with van der Waals surface area (Å²) in [5, 5.41) is 9.49. The molecule has 0 saturated heterocycles. The summed E-state index contributed by atoms with van der Waals surface area (Å²) in [4.78, 5) is 28.7. The van der Waals surface area contributed by atoms with E-state index in [2.05, 4.69) is 32.6 Å². The zero-order valence-electron chi connectivity index (χ0n) is 40.5. The van der Waals surface area contributed by atoms with Gasteiger partial charge in [0.05, 0.1) is 25.0 Å². The smallest absolute Gasteiger partial charge is 0.308 e. The van der Waals surface area contributed by atoms with Crippen LogP contribution in [0.4, 0.5) is 0 Å². The Hall–Kier alpha value is -1.14. The van der Waals surface area contributed by atoms with E-state index in [0.29, 0.717) is 13.2 Å². The largest absolute Gasteiger partial charge is 0.465 e. The fraction of sp³-hybridized carbons (Fsp3) is 0.962. The topological polar surface area (TPSA) is 76.1 Å². The molecule has 6 nitrogen and oxygen atoms in total. The molecule has 2 unspecified atom stereocenters. The summed E-state index contributed by atoms with van der Waals surface area (Å²) in [6, 6.07) is 0. The first-order valence-corrected chi connectivity index (χ1v) is 26.7. The summed E-state index contributed by atoms with van der Waals surface area (Å²) in [6.07, 6.45) is 46.7. The number of hydrogen-bond acceptors (Lipinski definition) is 6. The van der Waals surface area contributed by atoms with Crippen molar-refractivity contribution in [2.75, 3.05) is 39.5 Å². The second-order valence-electron chi connectivity index (χ2n) is 18.4. The van der Waals surface area contributed by atoms with Gasteiger partial charge in [0.1, 0.15) is 0 Å². The van der Waals surface area contributed by atoms with Gasteiger partial charge >= 0.3 is 11.9 Å². The van der Waals surface area contributed by atoms with Crippen molar-refractivity contribution in [3.8, 4) is 0 Å². The molecule has 0 aliphatic carbocycles. The zero-order chi connectivity index (χ0) is 43.1. The third-order valence-electron chi connectivity index (χ3n) is 12.6. The number of rotatable bonds is 49. The summed E-state index contributed by atoms with van der Waals surface area (Å²) in [5.74, 6) is 0.292. The van der Waals surface area contributed by atoms with E-state index >= 15 is 0 Å². The molecule has 0 aliphatic rings. The van der Waals surface area contributed by atoms with Gasteiger partial charge < -0.3 is 19.5 Å². The van der Waals surface area contributed by atoms with Crippen LogP contribution in [0.1, 0.15) is 278 Å². The van der Waals surface area contributed by atoms with Gasteiger partial charge in [-0.15, -0.1) is 0 Å². The molecule has 0 aromatic rings. The van der Waals surface area contributed by atoms with E-state index in [-0.39, 0.29) is 30.4 Å². The first-order valence-electron chi connectivity index (χ1n) is 26.7. The monoisotopic (exact) mass is 836 g/mol. The van der Waals surface area contributed by atoms with Gasteiger partial charge in [-0.05, 0) is 70.9 Å². The molecular weight excluding hydrogens is 731 g/mol. The van der Waals surface area contributed by atoms with Crippen LogP contribution in [0.2, 0.25) is 0 Å². The van der Waals surface area contributed by atoms with Crippen LogP contribution in [0, 0.1) is 11.8 Å². The molecule has 0 radical (unpaired) electrons. The van der Waals surface area contributed by atoms with E-state index in [4.69, 9.17) is 9.47 Å². The Balaban J connectivity index is 4.39. The number of unbranched alkanes of at least 4 members (excludes halogenated alkanes) is 28. The number of ether oxygens (including phenoxy) is 2. The maximum Gasteiger partial charge on any atom is 0.308 e. The van der Waals surface area contributed by atoms with Crippen LogP contribution >= 0.6 is 0 Å². The Labute approximate surface area is 369 Å². The van der Waals surface area contributed by atoms with Crippen molar-refractivity contribution in [2.24, 2.45) is 11.8 Å². The van der Waals surface area contributed by atoms with Crippen LogP contribution in [-0.4, -0.2) is 61.4 Å². The molecular formula is C53H105NO5. The summed E-state index contributed by atoms with van der Waals surface area (Å²) in [5.41, 5.74) is 0. The molecule has 0 fully saturated rings. The van der Waals surface area contributed by atoms with E-state index in [1.165, 1.54) is 141 Å². The number of aliphatic hydroxyl groups excluding tert-OH is 1. The van der Waals surface area contributed by atoms with Crippen molar-refractivity contribution in [2.45, 2.75) is 278 Å². The molecule has 6 heteroatoms. The maximum absolute atomic E-state index is 13.1. The number of hydrogen-bond donors (Lipinski definition) is 1. The molecule has 2 atom stereocenters. The Bertz CT molecular complexity index is 788. The van der Waals surface area contributed by atoms with Crippen LogP contribution in [0.3, 0.4) is 0 Å². The average molecular weight is 836 g/mol. The molecule has 0 saturated carbocycles. The van der Waals surface area contributed by atoms with Crippen LogP contribution in [0.25, 0.3) is 0 Å². The minimum Gasteiger partial charge on any atom is -0.465 e. The third-order valence-corrected chi connectivity index (χ3v) is 12.6. The van der Waals surface area contributed by atoms with Crippen molar-refractivity contribution >= 4 is 11.9 Å². The predicted octanol–water partition coefficient (Wildman–Crippen LogP) is 15.9. The highest BCUT2D eigenvalue weighted by molar-refractivity contribution is 5.72. The lowest BCUT2D eigenvalue weighted by Crippen LogP contribution is -2.28. The lowest BCUT2D eigenvalue weighted by molar-refractivity contribution is -0.150. The van der Waals surface area contributed by atoms with E-state index in [1.807, 2.05) is 0 Å². The fourth-order valence-electron chi connectivity index (χ4n) is 8.59. The molecule has 0 heterocycles. The van der Waals surface area contributed by atoms with Gasteiger partial charge in [-0.1, -0.05) is 220 Å². The fourth-order valence-corrected chi connectivity index (χ4v) is 8.59. The Morgan fingerprint density at radius 3 is 0.915 bits per heavy atom. The maximum atomic E-state index is 13.1. The normalized spacial score (nSPS) is 12.6.